The van der Waals surface area contributed by atoms with Gasteiger partial charge in [0.25, 0.3) is 11.5 Å². The van der Waals surface area contributed by atoms with E-state index in [9.17, 15) is 14.4 Å². The molecule has 2 aromatic rings. The third-order valence-electron chi connectivity index (χ3n) is 7.16. The molecule has 2 amide bonds. The van der Waals surface area contributed by atoms with Gasteiger partial charge in [-0.15, -0.1) is 0 Å². The smallest absolute Gasteiger partial charge is 0.262 e. The molecule has 1 saturated carbocycles. The van der Waals surface area contributed by atoms with E-state index in [1.807, 2.05) is 0 Å². The molecule has 0 radical (unpaired) electrons. The number of benzene rings is 1. The fourth-order valence-electron chi connectivity index (χ4n) is 5.19. The number of nitrogens with one attached hydrogen (secondary N) is 2. The minimum atomic E-state index is -0.220. The number of nitrogens with zero attached hydrogens (tertiary/aromatic N) is 2. The normalized spacial score (nSPS) is 22.3. The Morgan fingerprint density at radius 1 is 1.03 bits per heavy atom. The van der Waals surface area contributed by atoms with E-state index < -0.39 is 0 Å². The summed E-state index contributed by atoms with van der Waals surface area (Å²) < 4.78 is 13.0. The maximum Gasteiger partial charge on any atom is 0.262 e. The van der Waals surface area contributed by atoms with Crippen LogP contribution in [0.1, 0.15) is 61.7 Å². The van der Waals surface area contributed by atoms with Gasteiger partial charge in [0.15, 0.2) is 5.16 Å². The van der Waals surface area contributed by atoms with Crippen LogP contribution in [0.4, 0.5) is 0 Å². The van der Waals surface area contributed by atoms with Gasteiger partial charge in [-0.1, -0.05) is 24.6 Å². The van der Waals surface area contributed by atoms with Crippen LogP contribution in [0.15, 0.2) is 28.2 Å². The Morgan fingerprint density at radius 3 is 2.50 bits per heavy atom. The van der Waals surface area contributed by atoms with Crippen molar-refractivity contribution in [2.24, 2.45) is 0 Å². The van der Waals surface area contributed by atoms with E-state index in [0.717, 1.165) is 58.0 Å². The second-order valence-electron chi connectivity index (χ2n) is 9.86. The van der Waals surface area contributed by atoms with Crippen LogP contribution in [0.3, 0.4) is 0 Å². The summed E-state index contributed by atoms with van der Waals surface area (Å²) in [6.45, 7) is 2.29. The zero-order chi connectivity index (χ0) is 24.9. The lowest BCUT2D eigenvalue weighted by molar-refractivity contribution is -0.119. The molecule has 9 nitrogen and oxygen atoms in total. The zero-order valence-electron chi connectivity index (χ0n) is 20.5. The molecule has 3 heterocycles. The highest BCUT2D eigenvalue weighted by Gasteiger charge is 2.23. The maximum absolute atomic E-state index is 13.5. The number of carbonyl (C=O) groups is 2. The number of rotatable bonds is 9. The van der Waals surface area contributed by atoms with Crippen molar-refractivity contribution in [2.45, 2.75) is 81.3 Å². The molecule has 3 aliphatic rings. The third kappa shape index (κ3) is 6.10. The first-order valence-electron chi connectivity index (χ1n) is 13.0. The molecule has 194 valence electrons. The highest BCUT2D eigenvalue weighted by molar-refractivity contribution is 7.99. The minimum Gasteiger partial charge on any atom is -0.376 e. The summed E-state index contributed by atoms with van der Waals surface area (Å²) in [6, 6.07) is 5.22. The first-order chi connectivity index (χ1) is 17.6. The first-order valence-corrected chi connectivity index (χ1v) is 14.0. The molecule has 2 N–H and O–H groups in total. The number of amides is 2. The maximum atomic E-state index is 13.5. The van der Waals surface area contributed by atoms with Gasteiger partial charge >= 0.3 is 0 Å². The van der Waals surface area contributed by atoms with Gasteiger partial charge in [0, 0.05) is 31.4 Å². The van der Waals surface area contributed by atoms with E-state index in [1.165, 1.54) is 11.8 Å². The van der Waals surface area contributed by atoms with Crippen LogP contribution in [0.2, 0.25) is 0 Å². The van der Waals surface area contributed by atoms with E-state index in [2.05, 4.69) is 10.6 Å². The summed E-state index contributed by atoms with van der Waals surface area (Å²) in [5.74, 6) is -0.0864. The van der Waals surface area contributed by atoms with Crippen LogP contribution in [0.25, 0.3) is 10.9 Å². The molecule has 0 bridgehead atoms. The van der Waals surface area contributed by atoms with E-state index in [-0.39, 0.29) is 41.4 Å². The predicted octanol–water partition coefficient (Wildman–Crippen LogP) is 2.64. The lowest BCUT2D eigenvalue weighted by Gasteiger charge is -2.17. The molecule has 1 aromatic heterocycles. The van der Waals surface area contributed by atoms with Crippen molar-refractivity contribution in [2.75, 3.05) is 25.5 Å². The summed E-state index contributed by atoms with van der Waals surface area (Å²) >= 11 is 1.26. The molecule has 36 heavy (non-hydrogen) atoms. The van der Waals surface area contributed by atoms with Crippen molar-refractivity contribution in [1.29, 1.82) is 0 Å². The lowest BCUT2D eigenvalue weighted by Crippen LogP contribution is -2.34. The second kappa shape index (κ2) is 11.7. The van der Waals surface area contributed by atoms with Crippen LogP contribution in [-0.2, 0) is 20.8 Å². The van der Waals surface area contributed by atoms with Crippen LogP contribution < -0.4 is 16.2 Å². The minimum absolute atomic E-state index is 0.0449. The molecular formula is C26H34N4O5S. The fraction of sp³-hybridized carbons (Fsp3) is 0.615. The highest BCUT2D eigenvalue weighted by atomic mass is 32.2. The van der Waals surface area contributed by atoms with Crippen molar-refractivity contribution in [3.63, 3.8) is 0 Å². The number of hydrogen-bond donors (Lipinski definition) is 2. The van der Waals surface area contributed by atoms with Crippen molar-refractivity contribution in [1.82, 2.24) is 20.2 Å². The summed E-state index contributed by atoms with van der Waals surface area (Å²) in [5, 5.41) is 6.93. The number of thioether (sulfide) groups is 1. The number of hydrogen-bond acceptors (Lipinski definition) is 7. The number of ether oxygens (including phenoxy) is 2. The standard InChI is InChI=1S/C26H34N4O5S/c31-23(28-18-5-1-2-6-18)16-36-26-29-22-13-17(24(32)27-14-19-7-3-11-34-19)9-10-21(22)25(33)30(26)15-20-8-4-12-35-20/h9-10,13,18-20H,1-8,11-12,14-16H2,(H,27,32)(H,28,31)/t19-,20-/m1/s1. The van der Waals surface area contributed by atoms with Gasteiger partial charge in [0.05, 0.1) is 35.4 Å². The predicted molar refractivity (Wildman–Crippen MR) is 137 cm³/mol. The Hall–Kier alpha value is -2.43. The molecular weight excluding hydrogens is 480 g/mol. The van der Waals surface area contributed by atoms with Gasteiger partial charge in [-0.05, 0) is 56.7 Å². The SMILES string of the molecule is O=C(CSc1nc2cc(C(=O)NC[C@H]3CCCO3)ccc2c(=O)n1C[C@H]1CCCO1)NC1CCCC1. The van der Waals surface area contributed by atoms with E-state index >= 15 is 0 Å². The van der Waals surface area contributed by atoms with Crippen molar-refractivity contribution >= 4 is 34.5 Å². The number of carbonyl (C=O) groups excluding carboxylic acids is 2. The lowest BCUT2D eigenvalue weighted by atomic mass is 10.1. The molecule has 5 rings (SSSR count). The largest absolute Gasteiger partial charge is 0.376 e. The number of fused-ring (bicyclic) bond motifs is 1. The second-order valence-corrected chi connectivity index (χ2v) is 10.8. The molecule has 3 fully saturated rings. The molecule has 1 aromatic carbocycles. The summed E-state index contributed by atoms with van der Waals surface area (Å²) in [5.41, 5.74) is 0.715. The first kappa shape index (κ1) is 25.2. The Morgan fingerprint density at radius 2 is 1.78 bits per heavy atom. The Kier molecular flexibility index (Phi) is 8.23. The average molecular weight is 515 g/mol. The summed E-state index contributed by atoms with van der Waals surface area (Å²) in [4.78, 5) is 43.5. The van der Waals surface area contributed by atoms with E-state index in [1.54, 1.807) is 22.8 Å². The zero-order valence-corrected chi connectivity index (χ0v) is 21.3. The number of aromatic nitrogens is 2. The van der Waals surface area contributed by atoms with Gasteiger partial charge in [-0.25, -0.2) is 4.98 Å². The van der Waals surface area contributed by atoms with Gasteiger partial charge in [0.1, 0.15) is 0 Å². The van der Waals surface area contributed by atoms with Crippen LogP contribution in [0, 0.1) is 0 Å². The quantitative estimate of drug-likeness (QED) is 0.391. The van der Waals surface area contributed by atoms with Crippen molar-refractivity contribution in [3.05, 3.63) is 34.1 Å². The van der Waals surface area contributed by atoms with Crippen molar-refractivity contribution in [3.8, 4) is 0 Å². The molecule has 1 aliphatic carbocycles. The fourth-order valence-corrected chi connectivity index (χ4v) is 6.01. The van der Waals surface area contributed by atoms with Gasteiger partial charge in [-0.3, -0.25) is 19.0 Å². The average Bonchev–Trinajstić information content (AvgIpc) is 3.67. The summed E-state index contributed by atoms with van der Waals surface area (Å²) in [7, 11) is 0. The molecule has 2 aliphatic heterocycles. The Balaban J connectivity index is 1.36. The topological polar surface area (TPSA) is 112 Å². The van der Waals surface area contributed by atoms with Crippen LogP contribution in [0.5, 0.6) is 0 Å². The molecule has 2 atom stereocenters. The molecule has 2 saturated heterocycles. The van der Waals surface area contributed by atoms with Crippen molar-refractivity contribution < 1.29 is 19.1 Å². The van der Waals surface area contributed by atoms with Gasteiger partial charge in [-0.2, -0.15) is 0 Å². The van der Waals surface area contributed by atoms with Crippen LogP contribution in [-0.4, -0.2) is 65.1 Å². The van der Waals surface area contributed by atoms with Gasteiger partial charge < -0.3 is 20.1 Å². The van der Waals surface area contributed by atoms with Gasteiger partial charge in [0.2, 0.25) is 5.91 Å². The third-order valence-corrected chi connectivity index (χ3v) is 8.14. The molecule has 0 spiro atoms. The molecule has 0 unspecified atom stereocenters. The Bertz CT molecular complexity index is 1150. The monoisotopic (exact) mass is 514 g/mol. The Labute approximate surface area is 214 Å². The van der Waals surface area contributed by atoms with E-state index in [0.29, 0.717) is 41.3 Å². The highest BCUT2D eigenvalue weighted by Crippen LogP contribution is 2.23. The van der Waals surface area contributed by atoms with E-state index in [4.69, 9.17) is 14.5 Å². The molecule has 10 heteroatoms. The van der Waals surface area contributed by atoms with Crippen LogP contribution >= 0.6 is 11.8 Å². The summed E-state index contributed by atoms with van der Waals surface area (Å²) in [6.07, 6.45) is 8.16.